The van der Waals surface area contributed by atoms with Gasteiger partial charge in [-0.15, -0.1) is 11.3 Å². The van der Waals surface area contributed by atoms with Gasteiger partial charge in [-0.2, -0.15) is 0 Å². The van der Waals surface area contributed by atoms with Gasteiger partial charge in [0, 0.05) is 37.5 Å². The Kier molecular flexibility index (Phi) is 6.28. The zero-order valence-electron chi connectivity index (χ0n) is 16.9. The highest BCUT2D eigenvalue weighted by atomic mass is 32.1. The lowest BCUT2D eigenvalue weighted by atomic mass is 9.69. The largest absolute Gasteiger partial charge is 0.342 e. The minimum atomic E-state index is -0.212. The van der Waals surface area contributed by atoms with Gasteiger partial charge in [0.15, 0.2) is 5.13 Å². The van der Waals surface area contributed by atoms with Crippen molar-refractivity contribution >= 4 is 28.3 Å². The number of anilines is 1. The van der Waals surface area contributed by atoms with Crippen molar-refractivity contribution in [3.63, 3.8) is 0 Å². The van der Waals surface area contributed by atoms with Crippen LogP contribution in [0.25, 0.3) is 0 Å². The van der Waals surface area contributed by atoms with Gasteiger partial charge in [-0.1, -0.05) is 43.5 Å². The van der Waals surface area contributed by atoms with E-state index in [1.807, 2.05) is 10.3 Å². The highest BCUT2D eigenvalue weighted by Gasteiger charge is 2.38. The fourth-order valence-corrected chi connectivity index (χ4v) is 5.40. The Balaban J connectivity index is 1.41. The quantitative estimate of drug-likeness (QED) is 0.791. The van der Waals surface area contributed by atoms with Crippen molar-refractivity contribution in [1.82, 2.24) is 9.88 Å². The summed E-state index contributed by atoms with van der Waals surface area (Å²) in [4.78, 5) is 32.1. The number of hydrogen-bond acceptors (Lipinski definition) is 4. The van der Waals surface area contributed by atoms with Crippen molar-refractivity contribution in [2.45, 2.75) is 57.8 Å². The Morgan fingerprint density at radius 3 is 2.34 bits per heavy atom. The van der Waals surface area contributed by atoms with Crippen molar-refractivity contribution in [3.05, 3.63) is 47.0 Å². The lowest BCUT2D eigenvalue weighted by Crippen LogP contribution is -2.39. The molecule has 1 fully saturated rings. The number of nitrogens with zero attached hydrogens (tertiary/aromatic N) is 2. The number of thiazole rings is 1. The highest BCUT2D eigenvalue weighted by Crippen LogP contribution is 2.43. The molecular formula is C23H29N3O2S. The molecule has 1 aromatic carbocycles. The highest BCUT2D eigenvalue weighted by molar-refractivity contribution is 7.13. The third-order valence-electron chi connectivity index (χ3n) is 6.43. The monoisotopic (exact) mass is 411 g/mol. The van der Waals surface area contributed by atoms with E-state index in [2.05, 4.69) is 34.6 Å². The Labute approximate surface area is 176 Å². The minimum absolute atomic E-state index is 0.0158. The maximum absolute atomic E-state index is 13.3. The van der Waals surface area contributed by atoms with Crippen LogP contribution in [0, 0.1) is 5.41 Å². The number of aromatic nitrogens is 1. The number of benzene rings is 1. The SMILES string of the molecule is O=C(CC1(CC(=O)N2CCc3ccccc3CC2)CCCCC1)Nc1nccs1. The molecule has 0 atom stereocenters. The molecule has 0 bridgehead atoms. The van der Waals surface area contributed by atoms with Crippen molar-refractivity contribution in [2.24, 2.45) is 5.41 Å². The molecule has 2 amide bonds. The number of fused-ring (bicyclic) bond motifs is 1. The number of nitrogens with one attached hydrogen (secondary N) is 1. The summed E-state index contributed by atoms with van der Waals surface area (Å²) < 4.78 is 0. The molecule has 5 nitrogen and oxygen atoms in total. The van der Waals surface area contributed by atoms with Gasteiger partial charge < -0.3 is 10.2 Å². The predicted molar refractivity (Wildman–Crippen MR) is 116 cm³/mol. The summed E-state index contributed by atoms with van der Waals surface area (Å²) in [6.45, 7) is 1.55. The van der Waals surface area contributed by atoms with E-state index in [-0.39, 0.29) is 17.2 Å². The van der Waals surface area contributed by atoms with E-state index in [0.29, 0.717) is 18.0 Å². The minimum Gasteiger partial charge on any atom is -0.342 e. The first kappa shape index (κ1) is 20.1. The summed E-state index contributed by atoms with van der Waals surface area (Å²) in [7, 11) is 0. The van der Waals surface area contributed by atoms with E-state index in [1.165, 1.54) is 28.9 Å². The molecule has 1 saturated carbocycles. The van der Waals surface area contributed by atoms with Crippen molar-refractivity contribution in [3.8, 4) is 0 Å². The second kappa shape index (κ2) is 9.08. The van der Waals surface area contributed by atoms with Crippen molar-refractivity contribution in [2.75, 3.05) is 18.4 Å². The van der Waals surface area contributed by atoms with Crippen LogP contribution in [0.1, 0.15) is 56.1 Å². The molecule has 2 aromatic rings. The van der Waals surface area contributed by atoms with Crippen molar-refractivity contribution < 1.29 is 9.59 Å². The molecule has 1 aliphatic carbocycles. The van der Waals surface area contributed by atoms with E-state index in [4.69, 9.17) is 0 Å². The fourth-order valence-electron chi connectivity index (χ4n) is 4.86. The normalized spacial score (nSPS) is 18.6. The zero-order valence-corrected chi connectivity index (χ0v) is 17.7. The van der Waals surface area contributed by atoms with Gasteiger partial charge in [-0.3, -0.25) is 9.59 Å². The van der Waals surface area contributed by atoms with E-state index < -0.39 is 0 Å². The van der Waals surface area contributed by atoms with E-state index in [9.17, 15) is 9.59 Å². The first-order chi connectivity index (χ1) is 14.1. The summed E-state index contributed by atoms with van der Waals surface area (Å²) in [5.41, 5.74) is 2.51. The van der Waals surface area contributed by atoms with Crippen LogP contribution in [0.3, 0.4) is 0 Å². The molecule has 0 saturated heterocycles. The molecule has 29 heavy (non-hydrogen) atoms. The molecule has 1 aromatic heterocycles. The molecule has 2 heterocycles. The van der Waals surface area contributed by atoms with Crippen LogP contribution in [-0.2, 0) is 22.4 Å². The van der Waals surface area contributed by atoms with Gasteiger partial charge in [-0.25, -0.2) is 4.98 Å². The van der Waals surface area contributed by atoms with Crippen LogP contribution in [-0.4, -0.2) is 34.8 Å². The Hall–Kier alpha value is -2.21. The lowest BCUT2D eigenvalue weighted by molar-refractivity contribution is -0.135. The topological polar surface area (TPSA) is 62.3 Å². The first-order valence-corrected chi connectivity index (χ1v) is 11.6. The zero-order chi connectivity index (χ0) is 20.1. The van der Waals surface area contributed by atoms with Crippen LogP contribution in [0.5, 0.6) is 0 Å². The van der Waals surface area contributed by atoms with Crippen LogP contribution in [0.2, 0.25) is 0 Å². The summed E-state index contributed by atoms with van der Waals surface area (Å²) in [6.07, 6.45) is 9.73. The lowest BCUT2D eigenvalue weighted by Gasteiger charge is -2.37. The third kappa shape index (κ3) is 5.04. The molecule has 0 radical (unpaired) electrons. The van der Waals surface area contributed by atoms with Crippen LogP contribution >= 0.6 is 11.3 Å². The smallest absolute Gasteiger partial charge is 0.226 e. The van der Waals surface area contributed by atoms with E-state index in [1.54, 1.807) is 6.20 Å². The Bertz CT molecular complexity index is 817. The molecule has 1 aliphatic heterocycles. The maximum atomic E-state index is 13.3. The summed E-state index contributed by atoms with van der Waals surface area (Å²) in [5, 5.41) is 5.40. The standard InChI is InChI=1S/C23H29N3O2S/c27-20(25-22-24-12-15-29-22)16-23(10-4-1-5-11-23)17-21(28)26-13-8-18-6-2-3-7-19(18)9-14-26/h2-3,6-7,12,15H,1,4-5,8-11,13-14,16-17H2,(H,24,25,27). The molecular weight excluding hydrogens is 382 g/mol. The van der Waals surface area contributed by atoms with Crippen molar-refractivity contribution in [1.29, 1.82) is 0 Å². The van der Waals surface area contributed by atoms with Gasteiger partial charge in [0.2, 0.25) is 11.8 Å². The fraction of sp³-hybridized carbons (Fsp3) is 0.522. The average molecular weight is 412 g/mol. The molecule has 6 heteroatoms. The maximum Gasteiger partial charge on any atom is 0.226 e. The van der Waals surface area contributed by atoms with Crippen LogP contribution in [0.4, 0.5) is 5.13 Å². The second-order valence-corrected chi connectivity index (χ2v) is 9.34. The van der Waals surface area contributed by atoms with E-state index in [0.717, 1.165) is 51.6 Å². The molecule has 4 rings (SSSR count). The molecule has 2 aliphatic rings. The Morgan fingerprint density at radius 1 is 1.03 bits per heavy atom. The van der Waals surface area contributed by atoms with Gasteiger partial charge in [-0.05, 0) is 42.2 Å². The predicted octanol–water partition coefficient (Wildman–Crippen LogP) is 4.44. The van der Waals surface area contributed by atoms with Gasteiger partial charge >= 0.3 is 0 Å². The third-order valence-corrected chi connectivity index (χ3v) is 7.12. The van der Waals surface area contributed by atoms with Crippen LogP contribution < -0.4 is 5.32 Å². The second-order valence-electron chi connectivity index (χ2n) is 8.45. The number of hydrogen-bond donors (Lipinski definition) is 1. The number of carbonyl (C=O) groups is 2. The Morgan fingerprint density at radius 2 is 1.72 bits per heavy atom. The number of carbonyl (C=O) groups excluding carboxylic acids is 2. The molecule has 154 valence electrons. The summed E-state index contributed by atoms with van der Waals surface area (Å²) in [6, 6.07) is 8.51. The van der Waals surface area contributed by atoms with Crippen LogP contribution in [0.15, 0.2) is 35.8 Å². The van der Waals surface area contributed by atoms with Gasteiger partial charge in [0.1, 0.15) is 0 Å². The van der Waals surface area contributed by atoms with E-state index >= 15 is 0 Å². The molecule has 0 spiro atoms. The van der Waals surface area contributed by atoms with Gasteiger partial charge in [0.05, 0.1) is 0 Å². The number of rotatable bonds is 5. The summed E-state index contributed by atoms with van der Waals surface area (Å²) >= 11 is 1.43. The van der Waals surface area contributed by atoms with Gasteiger partial charge in [0.25, 0.3) is 0 Å². The molecule has 0 unspecified atom stereocenters. The molecule has 1 N–H and O–H groups in total. The first-order valence-electron chi connectivity index (χ1n) is 10.7. The summed E-state index contributed by atoms with van der Waals surface area (Å²) in [5.74, 6) is 0.194. The number of amides is 2. The average Bonchev–Trinajstić information content (AvgIpc) is 3.12.